The fourth-order valence-electron chi connectivity index (χ4n) is 2.27. The summed E-state index contributed by atoms with van der Waals surface area (Å²) in [5.74, 6) is 0.740. The number of aryl methyl sites for hydroxylation is 1. The van der Waals surface area contributed by atoms with Gasteiger partial charge in [-0.3, -0.25) is 9.58 Å². The first-order valence-corrected chi connectivity index (χ1v) is 6.26. The smallest absolute Gasteiger partial charge is 0.0764 e. The molecule has 1 aromatic heterocycles. The van der Waals surface area contributed by atoms with Crippen LogP contribution in [0.25, 0.3) is 0 Å². The Morgan fingerprint density at radius 2 is 2.19 bits per heavy atom. The maximum atomic E-state index is 5.69. The highest BCUT2D eigenvalue weighted by Gasteiger charge is 2.18. The number of rotatable bonds is 4. The Morgan fingerprint density at radius 3 is 2.75 bits per heavy atom. The van der Waals surface area contributed by atoms with Crippen LogP contribution in [0.3, 0.4) is 0 Å². The number of nitrogens with zero attached hydrogens (tertiary/aromatic N) is 3. The molecule has 90 valence electrons. The fourth-order valence-corrected chi connectivity index (χ4v) is 2.27. The Morgan fingerprint density at radius 1 is 1.44 bits per heavy atom. The standard InChI is InChI=1S/C12H22N4/c1-2-16-8-5-12(14-16)10-15-6-3-11(9-13)4-7-15/h5,8,11H,2-4,6-7,9-10,13H2,1H3. The van der Waals surface area contributed by atoms with E-state index in [2.05, 4.69) is 29.2 Å². The molecule has 0 amide bonds. The summed E-state index contributed by atoms with van der Waals surface area (Å²) in [4.78, 5) is 2.48. The van der Waals surface area contributed by atoms with Crippen molar-refractivity contribution < 1.29 is 0 Å². The molecule has 0 unspecified atom stereocenters. The Hall–Kier alpha value is -0.870. The van der Waals surface area contributed by atoms with Crippen molar-refractivity contribution in [1.82, 2.24) is 14.7 Å². The van der Waals surface area contributed by atoms with Crippen LogP contribution in [0.1, 0.15) is 25.5 Å². The average Bonchev–Trinajstić information content (AvgIpc) is 2.78. The predicted octanol–water partition coefficient (Wildman–Crippen LogP) is 1.07. The summed E-state index contributed by atoms with van der Waals surface area (Å²) in [6, 6.07) is 2.12. The normalized spacial score (nSPS) is 19.1. The largest absolute Gasteiger partial charge is 0.330 e. The summed E-state index contributed by atoms with van der Waals surface area (Å²) in [7, 11) is 0. The summed E-state index contributed by atoms with van der Waals surface area (Å²) >= 11 is 0. The van der Waals surface area contributed by atoms with Crippen LogP contribution in [-0.2, 0) is 13.1 Å². The van der Waals surface area contributed by atoms with E-state index < -0.39 is 0 Å². The molecule has 0 bridgehead atoms. The number of hydrogen-bond donors (Lipinski definition) is 1. The van der Waals surface area contributed by atoms with Crippen molar-refractivity contribution in [3.63, 3.8) is 0 Å². The first-order chi connectivity index (χ1) is 7.81. The molecule has 0 saturated carbocycles. The zero-order valence-electron chi connectivity index (χ0n) is 10.1. The Bertz CT molecular complexity index is 313. The summed E-state index contributed by atoms with van der Waals surface area (Å²) < 4.78 is 1.99. The second-order valence-corrected chi connectivity index (χ2v) is 4.62. The third-order valence-corrected chi connectivity index (χ3v) is 3.45. The third kappa shape index (κ3) is 2.83. The molecule has 0 atom stereocenters. The molecule has 1 aliphatic heterocycles. The number of piperidine rings is 1. The molecule has 0 aliphatic carbocycles. The Labute approximate surface area is 97.4 Å². The third-order valence-electron chi connectivity index (χ3n) is 3.45. The van der Waals surface area contributed by atoms with Gasteiger partial charge in [-0.2, -0.15) is 5.10 Å². The van der Waals surface area contributed by atoms with Crippen LogP contribution < -0.4 is 5.73 Å². The number of nitrogens with two attached hydrogens (primary N) is 1. The van der Waals surface area contributed by atoms with Crippen LogP contribution in [0.2, 0.25) is 0 Å². The van der Waals surface area contributed by atoms with Crippen molar-refractivity contribution in [3.8, 4) is 0 Å². The lowest BCUT2D eigenvalue weighted by Gasteiger charge is -2.30. The molecule has 2 rings (SSSR count). The highest BCUT2D eigenvalue weighted by molar-refractivity contribution is 4.99. The topological polar surface area (TPSA) is 47.1 Å². The minimum atomic E-state index is 0.740. The highest BCUT2D eigenvalue weighted by Crippen LogP contribution is 2.17. The second-order valence-electron chi connectivity index (χ2n) is 4.62. The van der Waals surface area contributed by atoms with Gasteiger partial charge in [0.15, 0.2) is 0 Å². The molecule has 4 nitrogen and oxygen atoms in total. The molecular weight excluding hydrogens is 200 g/mol. The van der Waals surface area contributed by atoms with Crippen LogP contribution in [0.15, 0.2) is 12.3 Å². The molecule has 2 heterocycles. The van der Waals surface area contributed by atoms with Gasteiger partial charge in [-0.15, -0.1) is 0 Å². The molecule has 1 fully saturated rings. The van der Waals surface area contributed by atoms with Crippen LogP contribution in [0.5, 0.6) is 0 Å². The molecule has 1 aliphatic rings. The van der Waals surface area contributed by atoms with Crippen LogP contribution in [-0.4, -0.2) is 34.3 Å². The predicted molar refractivity (Wildman–Crippen MR) is 65.0 cm³/mol. The minimum Gasteiger partial charge on any atom is -0.330 e. The van der Waals surface area contributed by atoms with E-state index in [1.807, 2.05) is 4.68 Å². The lowest BCUT2D eigenvalue weighted by molar-refractivity contribution is 0.178. The van der Waals surface area contributed by atoms with Crippen molar-refractivity contribution in [1.29, 1.82) is 0 Å². The molecule has 0 aromatic carbocycles. The Kier molecular flexibility index (Phi) is 3.96. The van der Waals surface area contributed by atoms with E-state index in [-0.39, 0.29) is 0 Å². The van der Waals surface area contributed by atoms with Crippen LogP contribution in [0.4, 0.5) is 0 Å². The first kappa shape index (κ1) is 11.6. The summed E-state index contributed by atoms with van der Waals surface area (Å²) in [6.07, 6.45) is 4.54. The van der Waals surface area contributed by atoms with Gasteiger partial charge in [0.1, 0.15) is 0 Å². The lowest BCUT2D eigenvalue weighted by Crippen LogP contribution is -2.35. The first-order valence-electron chi connectivity index (χ1n) is 6.26. The fraction of sp³-hybridized carbons (Fsp3) is 0.750. The lowest BCUT2D eigenvalue weighted by atomic mass is 9.97. The van der Waals surface area contributed by atoms with E-state index >= 15 is 0 Å². The number of likely N-dealkylation sites (tertiary alicyclic amines) is 1. The number of hydrogen-bond acceptors (Lipinski definition) is 3. The van der Waals surface area contributed by atoms with Gasteiger partial charge in [0.2, 0.25) is 0 Å². The van der Waals surface area contributed by atoms with Gasteiger partial charge in [-0.25, -0.2) is 0 Å². The van der Waals surface area contributed by atoms with E-state index in [1.54, 1.807) is 0 Å². The molecular formula is C12H22N4. The zero-order chi connectivity index (χ0) is 11.4. The van der Waals surface area contributed by atoms with Crippen molar-refractivity contribution in [2.45, 2.75) is 32.9 Å². The van der Waals surface area contributed by atoms with Gasteiger partial charge in [0, 0.05) is 19.3 Å². The molecule has 16 heavy (non-hydrogen) atoms. The monoisotopic (exact) mass is 222 g/mol. The van der Waals surface area contributed by atoms with Gasteiger partial charge in [-0.05, 0) is 51.4 Å². The van der Waals surface area contributed by atoms with Crippen molar-refractivity contribution in [2.75, 3.05) is 19.6 Å². The van der Waals surface area contributed by atoms with Gasteiger partial charge >= 0.3 is 0 Å². The maximum Gasteiger partial charge on any atom is 0.0764 e. The van der Waals surface area contributed by atoms with Crippen molar-refractivity contribution in [3.05, 3.63) is 18.0 Å². The van der Waals surface area contributed by atoms with Gasteiger partial charge in [0.05, 0.1) is 5.69 Å². The van der Waals surface area contributed by atoms with E-state index in [4.69, 9.17) is 5.73 Å². The van der Waals surface area contributed by atoms with Crippen molar-refractivity contribution in [2.24, 2.45) is 11.7 Å². The van der Waals surface area contributed by atoms with Gasteiger partial charge < -0.3 is 5.73 Å². The molecule has 1 aromatic rings. The molecule has 2 N–H and O–H groups in total. The van der Waals surface area contributed by atoms with Crippen LogP contribution >= 0.6 is 0 Å². The van der Waals surface area contributed by atoms with E-state index in [0.717, 1.165) is 25.6 Å². The number of aromatic nitrogens is 2. The molecule has 1 saturated heterocycles. The van der Waals surface area contributed by atoms with Gasteiger partial charge in [-0.1, -0.05) is 0 Å². The Balaban J connectivity index is 1.82. The van der Waals surface area contributed by atoms with Gasteiger partial charge in [0.25, 0.3) is 0 Å². The summed E-state index contributed by atoms with van der Waals surface area (Å²) in [5.41, 5.74) is 6.88. The highest BCUT2D eigenvalue weighted by atomic mass is 15.3. The molecule has 0 spiro atoms. The summed E-state index contributed by atoms with van der Waals surface area (Å²) in [5, 5.41) is 4.51. The molecule has 0 radical (unpaired) electrons. The SMILES string of the molecule is CCn1ccc(CN2CCC(CN)CC2)n1. The zero-order valence-corrected chi connectivity index (χ0v) is 10.1. The van der Waals surface area contributed by atoms with Crippen LogP contribution in [0, 0.1) is 5.92 Å². The average molecular weight is 222 g/mol. The minimum absolute atomic E-state index is 0.740. The second kappa shape index (κ2) is 5.46. The quantitative estimate of drug-likeness (QED) is 0.829. The molecule has 4 heteroatoms. The van der Waals surface area contributed by atoms with E-state index in [0.29, 0.717) is 0 Å². The van der Waals surface area contributed by atoms with E-state index in [1.165, 1.54) is 31.6 Å². The van der Waals surface area contributed by atoms with Crippen molar-refractivity contribution >= 4 is 0 Å². The van der Waals surface area contributed by atoms with E-state index in [9.17, 15) is 0 Å². The maximum absolute atomic E-state index is 5.69. The summed E-state index contributed by atoms with van der Waals surface area (Å²) in [6.45, 7) is 7.24.